The van der Waals surface area contributed by atoms with Gasteiger partial charge in [0.25, 0.3) is 11.6 Å². The van der Waals surface area contributed by atoms with Gasteiger partial charge in [-0.2, -0.15) is 13.2 Å². The Kier molecular flexibility index (Phi) is 8.13. The van der Waals surface area contributed by atoms with Crippen LogP contribution in [-0.4, -0.2) is 22.0 Å². The average Bonchev–Trinajstić information content (AvgIpc) is 2.82. The zero-order valence-electron chi connectivity index (χ0n) is 18.3. The standard InChI is InChI=1S/C24H20F3N3O4S/c1-2-21(23(32)29-20-9-4-3-8-19(20)24(25,26)27)35-18-7-5-6-16(14-18)28-22(31)15-10-12-17(13-11-15)30(33)34/h3-14,21H,2H2,1H3,(H,28,31)(H,29,32). The minimum atomic E-state index is -4.60. The van der Waals surface area contributed by atoms with E-state index in [4.69, 9.17) is 0 Å². The Balaban J connectivity index is 1.69. The predicted octanol–water partition coefficient (Wildman–Crippen LogP) is 6.38. The summed E-state index contributed by atoms with van der Waals surface area (Å²) < 4.78 is 39.7. The van der Waals surface area contributed by atoms with E-state index in [2.05, 4.69) is 10.6 Å². The molecule has 0 saturated carbocycles. The minimum Gasteiger partial charge on any atom is -0.325 e. The summed E-state index contributed by atoms with van der Waals surface area (Å²) in [6, 6.07) is 16.5. The lowest BCUT2D eigenvalue weighted by molar-refractivity contribution is -0.384. The highest BCUT2D eigenvalue weighted by molar-refractivity contribution is 8.00. The van der Waals surface area contributed by atoms with E-state index >= 15 is 0 Å². The first-order chi connectivity index (χ1) is 16.6. The van der Waals surface area contributed by atoms with Gasteiger partial charge in [0.2, 0.25) is 5.91 Å². The second kappa shape index (κ2) is 11.0. The quantitative estimate of drug-likeness (QED) is 0.211. The molecule has 0 spiro atoms. The van der Waals surface area contributed by atoms with Crippen LogP contribution in [0.2, 0.25) is 0 Å². The SMILES string of the molecule is CCC(Sc1cccc(NC(=O)c2ccc([N+](=O)[O-])cc2)c1)C(=O)Nc1ccccc1C(F)(F)F. The highest BCUT2D eigenvalue weighted by atomic mass is 32.2. The van der Waals surface area contributed by atoms with Crippen LogP contribution >= 0.6 is 11.8 Å². The van der Waals surface area contributed by atoms with Gasteiger partial charge >= 0.3 is 6.18 Å². The maximum Gasteiger partial charge on any atom is 0.418 e. The summed E-state index contributed by atoms with van der Waals surface area (Å²) in [5, 5.41) is 15.1. The first-order valence-electron chi connectivity index (χ1n) is 10.4. The van der Waals surface area contributed by atoms with Gasteiger partial charge < -0.3 is 10.6 Å². The molecule has 35 heavy (non-hydrogen) atoms. The van der Waals surface area contributed by atoms with Crippen LogP contribution in [0.5, 0.6) is 0 Å². The van der Waals surface area contributed by atoms with Crippen molar-refractivity contribution in [1.82, 2.24) is 0 Å². The number of thioether (sulfide) groups is 1. The molecule has 11 heteroatoms. The number of carbonyl (C=O) groups excluding carboxylic acids is 2. The Morgan fingerprint density at radius 1 is 1.00 bits per heavy atom. The summed E-state index contributed by atoms with van der Waals surface area (Å²) in [6.45, 7) is 1.74. The molecule has 0 heterocycles. The molecule has 2 amide bonds. The largest absolute Gasteiger partial charge is 0.418 e. The number of nitro groups is 1. The molecule has 0 aromatic heterocycles. The van der Waals surface area contributed by atoms with Crippen molar-refractivity contribution < 1.29 is 27.7 Å². The zero-order chi connectivity index (χ0) is 25.6. The van der Waals surface area contributed by atoms with E-state index in [-0.39, 0.29) is 16.9 Å². The van der Waals surface area contributed by atoms with Gasteiger partial charge in [0, 0.05) is 28.3 Å². The molecule has 0 aliphatic rings. The number of amides is 2. The number of nitrogens with zero attached hydrogens (tertiary/aromatic N) is 1. The van der Waals surface area contributed by atoms with Crippen molar-refractivity contribution in [2.24, 2.45) is 0 Å². The first kappa shape index (κ1) is 25.8. The number of carbonyl (C=O) groups is 2. The third-order valence-corrected chi connectivity index (χ3v) is 6.22. The molecule has 3 aromatic carbocycles. The Morgan fingerprint density at radius 3 is 2.31 bits per heavy atom. The normalized spacial score (nSPS) is 12.0. The third-order valence-electron chi connectivity index (χ3n) is 4.86. The number of non-ortho nitro benzene ring substituents is 1. The predicted molar refractivity (Wildman–Crippen MR) is 128 cm³/mol. The second-order valence-electron chi connectivity index (χ2n) is 7.33. The van der Waals surface area contributed by atoms with E-state index in [0.717, 1.165) is 17.8 Å². The van der Waals surface area contributed by atoms with E-state index < -0.39 is 33.7 Å². The van der Waals surface area contributed by atoms with Crippen LogP contribution in [0.25, 0.3) is 0 Å². The van der Waals surface area contributed by atoms with Gasteiger partial charge in [-0.25, -0.2) is 0 Å². The van der Waals surface area contributed by atoms with Gasteiger partial charge in [0.15, 0.2) is 0 Å². The fraction of sp³-hybridized carbons (Fsp3) is 0.167. The fourth-order valence-electron chi connectivity index (χ4n) is 3.12. The number of benzene rings is 3. The highest BCUT2D eigenvalue weighted by Gasteiger charge is 2.34. The van der Waals surface area contributed by atoms with Crippen molar-refractivity contribution in [1.29, 1.82) is 0 Å². The monoisotopic (exact) mass is 503 g/mol. The van der Waals surface area contributed by atoms with E-state index in [1.165, 1.54) is 42.5 Å². The molecule has 3 rings (SSSR count). The molecule has 1 atom stereocenters. The van der Waals surface area contributed by atoms with Crippen LogP contribution in [0, 0.1) is 10.1 Å². The highest BCUT2D eigenvalue weighted by Crippen LogP contribution is 2.35. The molecular weight excluding hydrogens is 483 g/mol. The summed E-state index contributed by atoms with van der Waals surface area (Å²) in [6.07, 6.45) is -4.25. The maximum atomic E-state index is 13.2. The molecule has 0 bridgehead atoms. The fourth-order valence-corrected chi connectivity index (χ4v) is 4.14. The Bertz CT molecular complexity index is 1230. The Morgan fingerprint density at radius 2 is 1.69 bits per heavy atom. The number of hydrogen-bond donors (Lipinski definition) is 2. The minimum absolute atomic E-state index is 0.137. The van der Waals surface area contributed by atoms with E-state index in [1.54, 1.807) is 31.2 Å². The maximum absolute atomic E-state index is 13.2. The first-order valence-corrected chi connectivity index (χ1v) is 11.3. The van der Waals surface area contributed by atoms with Gasteiger partial charge in [-0.3, -0.25) is 19.7 Å². The van der Waals surface area contributed by atoms with Crippen molar-refractivity contribution in [2.45, 2.75) is 29.7 Å². The molecule has 1 unspecified atom stereocenters. The van der Waals surface area contributed by atoms with Crippen molar-refractivity contribution in [3.05, 3.63) is 94.0 Å². The third kappa shape index (κ3) is 6.82. The Hall–Kier alpha value is -3.86. The molecule has 3 aromatic rings. The van der Waals surface area contributed by atoms with Crippen molar-refractivity contribution in [3.63, 3.8) is 0 Å². The van der Waals surface area contributed by atoms with Crippen LogP contribution < -0.4 is 10.6 Å². The summed E-state index contributed by atoms with van der Waals surface area (Å²) in [5.74, 6) is -1.05. The smallest absolute Gasteiger partial charge is 0.325 e. The molecule has 0 saturated heterocycles. The number of nitro benzene ring substituents is 1. The van der Waals surface area contributed by atoms with Crippen LogP contribution in [-0.2, 0) is 11.0 Å². The van der Waals surface area contributed by atoms with Gasteiger partial charge in [0.1, 0.15) is 0 Å². The molecule has 2 N–H and O–H groups in total. The molecule has 0 fully saturated rings. The number of halogens is 3. The van der Waals surface area contributed by atoms with Crippen molar-refractivity contribution in [2.75, 3.05) is 10.6 Å². The number of para-hydroxylation sites is 1. The molecular formula is C24H20F3N3O4S. The number of anilines is 2. The number of nitrogens with one attached hydrogen (secondary N) is 2. The molecule has 0 radical (unpaired) electrons. The summed E-state index contributed by atoms with van der Waals surface area (Å²) in [5.41, 5.74) is -0.724. The number of alkyl halides is 3. The van der Waals surface area contributed by atoms with Gasteiger partial charge in [0.05, 0.1) is 21.4 Å². The van der Waals surface area contributed by atoms with Crippen LogP contribution in [0.1, 0.15) is 29.3 Å². The van der Waals surface area contributed by atoms with E-state index in [9.17, 15) is 32.9 Å². The average molecular weight is 504 g/mol. The van der Waals surface area contributed by atoms with Gasteiger partial charge in [-0.15, -0.1) is 11.8 Å². The van der Waals surface area contributed by atoms with Gasteiger partial charge in [-0.05, 0) is 48.9 Å². The van der Waals surface area contributed by atoms with Crippen molar-refractivity contribution >= 4 is 40.6 Å². The summed E-state index contributed by atoms with van der Waals surface area (Å²) in [4.78, 5) is 36.0. The number of rotatable bonds is 8. The topological polar surface area (TPSA) is 101 Å². The summed E-state index contributed by atoms with van der Waals surface area (Å²) >= 11 is 1.15. The molecule has 0 aliphatic carbocycles. The number of hydrogen-bond acceptors (Lipinski definition) is 5. The lowest BCUT2D eigenvalue weighted by Crippen LogP contribution is -2.26. The van der Waals surface area contributed by atoms with E-state index in [1.807, 2.05) is 0 Å². The molecule has 182 valence electrons. The van der Waals surface area contributed by atoms with Crippen molar-refractivity contribution in [3.8, 4) is 0 Å². The molecule has 0 aliphatic heterocycles. The lowest BCUT2D eigenvalue weighted by Gasteiger charge is -2.18. The summed E-state index contributed by atoms with van der Waals surface area (Å²) in [7, 11) is 0. The van der Waals surface area contributed by atoms with E-state index in [0.29, 0.717) is 17.0 Å². The second-order valence-corrected chi connectivity index (χ2v) is 8.61. The zero-order valence-corrected chi connectivity index (χ0v) is 19.2. The van der Waals surface area contributed by atoms with Crippen LogP contribution in [0.3, 0.4) is 0 Å². The molecule has 7 nitrogen and oxygen atoms in total. The van der Waals surface area contributed by atoms with Crippen LogP contribution in [0.4, 0.5) is 30.2 Å². The van der Waals surface area contributed by atoms with Crippen LogP contribution in [0.15, 0.2) is 77.7 Å². The lowest BCUT2D eigenvalue weighted by atomic mass is 10.1. The van der Waals surface area contributed by atoms with Gasteiger partial charge in [-0.1, -0.05) is 25.1 Å². The Labute approximate surface area is 202 Å².